The van der Waals surface area contributed by atoms with E-state index in [0.29, 0.717) is 36.7 Å². The number of nitrogens with zero attached hydrogens (tertiary/aromatic N) is 5. The smallest absolute Gasteiger partial charge is 0.218 e. The Hall–Kier alpha value is -2.61. The Kier molecular flexibility index (Phi) is 4.75. The molecule has 1 aliphatic rings. The second-order valence-electron chi connectivity index (χ2n) is 6.37. The molecule has 1 saturated carbocycles. The van der Waals surface area contributed by atoms with Gasteiger partial charge >= 0.3 is 0 Å². The molecule has 1 fully saturated rings. The van der Waals surface area contributed by atoms with Crippen LogP contribution in [0.25, 0.3) is 0 Å². The summed E-state index contributed by atoms with van der Waals surface area (Å²) in [5.74, 6) is 3.01. The predicted molar refractivity (Wildman–Crippen MR) is 99.3 cm³/mol. The van der Waals surface area contributed by atoms with Gasteiger partial charge in [-0.1, -0.05) is 17.4 Å². The Morgan fingerprint density at radius 2 is 2.15 bits per heavy atom. The summed E-state index contributed by atoms with van der Waals surface area (Å²) in [7, 11) is 0. The van der Waals surface area contributed by atoms with Crippen LogP contribution in [0.3, 0.4) is 0 Å². The number of hydrogen-bond acceptors (Lipinski definition) is 8. The van der Waals surface area contributed by atoms with Crippen LogP contribution in [0.2, 0.25) is 0 Å². The quantitative estimate of drug-likeness (QED) is 0.685. The summed E-state index contributed by atoms with van der Waals surface area (Å²) in [5.41, 5.74) is 1.15. The molecule has 3 heterocycles. The molecule has 26 heavy (non-hydrogen) atoms. The van der Waals surface area contributed by atoms with E-state index in [1.807, 2.05) is 38.2 Å². The van der Waals surface area contributed by atoms with Gasteiger partial charge in [-0.05, 0) is 32.4 Å². The first-order chi connectivity index (χ1) is 12.7. The molecule has 0 aliphatic heterocycles. The van der Waals surface area contributed by atoms with Crippen molar-refractivity contribution >= 4 is 17.2 Å². The van der Waals surface area contributed by atoms with Crippen molar-refractivity contribution in [3.63, 3.8) is 0 Å². The topological polar surface area (TPSA) is 85.7 Å². The average molecular weight is 368 g/mol. The molecule has 0 amide bonds. The minimum atomic E-state index is 0.498. The van der Waals surface area contributed by atoms with Crippen LogP contribution in [0.1, 0.15) is 33.9 Å². The zero-order valence-corrected chi connectivity index (χ0v) is 15.5. The lowest BCUT2D eigenvalue weighted by Gasteiger charge is -2.09. The second-order valence-corrected chi connectivity index (χ2v) is 7.64. The minimum Gasteiger partial charge on any atom is -0.477 e. The van der Waals surface area contributed by atoms with E-state index in [4.69, 9.17) is 4.74 Å². The Balaban J connectivity index is 1.33. The highest BCUT2D eigenvalue weighted by molar-refractivity contribution is 7.11. The van der Waals surface area contributed by atoms with E-state index in [2.05, 4.69) is 36.5 Å². The summed E-state index contributed by atoms with van der Waals surface area (Å²) in [4.78, 5) is 13.2. The summed E-state index contributed by atoms with van der Waals surface area (Å²) in [6.45, 7) is 5.04. The first-order valence-electron chi connectivity index (χ1n) is 8.59. The average Bonchev–Trinajstić information content (AvgIpc) is 3.31. The number of aromatic nitrogens is 5. The Labute approximate surface area is 155 Å². The molecule has 2 atom stereocenters. The molecule has 134 valence electrons. The third kappa shape index (κ3) is 4.13. The van der Waals surface area contributed by atoms with Crippen LogP contribution in [-0.2, 0) is 6.54 Å². The van der Waals surface area contributed by atoms with Gasteiger partial charge in [-0.25, -0.2) is 4.98 Å². The van der Waals surface area contributed by atoms with E-state index in [1.165, 1.54) is 0 Å². The molecule has 2 unspecified atom stereocenters. The summed E-state index contributed by atoms with van der Waals surface area (Å²) < 4.78 is 5.92. The predicted octanol–water partition coefficient (Wildman–Crippen LogP) is 3.13. The normalized spacial score (nSPS) is 18.5. The maximum absolute atomic E-state index is 5.92. The van der Waals surface area contributed by atoms with Crippen LogP contribution < -0.4 is 10.1 Å². The molecule has 0 radical (unpaired) electrons. The number of hydrogen-bond donors (Lipinski definition) is 1. The first kappa shape index (κ1) is 16.8. The van der Waals surface area contributed by atoms with Gasteiger partial charge in [0.05, 0.1) is 13.2 Å². The van der Waals surface area contributed by atoms with E-state index >= 15 is 0 Å². The SMILES string of the molecule is Cc1nc(NCc2nnc(C)s2)cc(OCC2CC2c2ccccn2)n1. The molecular weight excluding hydrogens is 348 g/mol. The molecule has 0 aromatic carbocycles. The van der Waals surface area contributed by atoms with E-state index in [1.54, 1.807) is 11.3 Å². The van der Waals surface area contributed by atoms with Crippen LogP contribution in [0.15, 0.2) is 30.5 Å². The molecule has 7 nitrogen and oxygen atoms in total. The number of nitrogens with one attached hydrogen (secondary N) is 1. The van der Waals surface area contributed by atoms with Gasteiger partial charge < -0.3 is 10.1 Å². The van der Waals surface area contributed by atoms with E-state index < -0.39 is 0 Å². The third-order valence-corrected chi connectivity index (χ3v) is 5.08. The lowest BCUT2D eigenvalue weighted by molar-refractivity contribution is 0.284. The zero-order valence-electron chi connectivity index (χ0n) is 14.7. The molecule has 3 aromatic heterocycles. The van der Waals surface area contributed by atoms with Crippen molar-refractivity contribution in [1.29, 1.82) is 0 Å². The minimum absolute atomic E-state index is 0.498. The Morgan fingerprint density at radius 1 is 1.23 bits per heavy atom. The van der Waals surface area contributed by atoms with Gasteiger partial charge in [-0.2, -0.15) is 4.98 Å². The van der Waals surface area contributed by atoms with Crippen LogP contribution in [0.5, 0.6) is 5.88 Å². The molecule has 1 N–H and O–H groups in total. The molecular formula is C18H20N6OS. The summed E-state index contributed by atoms with van der Waals surface area (Å²) >= 11 is 1.57. The van der Waals surface area contributed by atoms with Gasteiger partial charge in [0, 0.05) is 29.8 Å². The summed E-state index contributed by atoms with van der Waals surface area (Å²) in [5, 5.41) is 13.3. The van der Waals surface area contributed by atoms with Gasteiger partial charge in [-0.3, -0.25) is 4.98 Å². The monoisotopic (exact) mass is 368 g/mol. The third-order valence-electron chi connectivity index (χ3n) is 4.24. The highest BCUT2D eigenvalue weighted by Gasteiger charge is 2.39. The highest BCUT2D eigenvalue weighted by Crippen LogP contribution is 2.46. The number of aryl methyl sites for hydroxylation is 2. The molecule has 0 saturated heterocycles. The Morgan fingerprint density at radius 3 is 2.92 bits per heavy atom. The number of anilines is 1. The van der Waals surface area contributed by atoms with E-state index in [0.717, 1.165) is 27.9 Å². The molecule has 0 bridgehead atoms. The molecule has 0 spiro atoms. The Bertz CT molecular complexity index is 884. The van der Waals surface area contributed by atoms with E-state index in [-0.39, 0.29) is 0 Å². The molecule has 4 rings (SSSR count). The summed E-state index contributed by atoms with van der Waals surface area (Å²) in [6.07, 6.45) is 2.96. The largest absolute Gasteiger partial charge is 0.477 e. The van der Waals surface area contributed by atoms with E-state index in [9.17, 15) is 0 Å². The molecule has 3 aromatic rings. The van der Waals surface area contributed by atoms with Crippen molar-refractivity contribution < 1.29 is 4.74 Å². The van der Waals surface area contributed by atoms with Crippen LogP contribution in [0.4, 0.5) is 5.82 Å². The molecule has 1 aliphatic carbocycles. The fourth-order valence-electron chi connectivity index (χ4n) is 2.86. The van der Waals surface area contributed by atoms with Crippen molar-refractivity contribution in [3.8, 4) is 5.88 Å². The summed E-state index contributed by atoms with van der Waals surface area (Å²) in [6, 6.07) is 7.89. The number of rotatable bonds is 7. The van der Waals surface area contributed by atoms with Crippen molar-refractivity contribution in [2.24, 2.45) is 5.92 Å². The zero-order chi connectivity index (χ0) is 17.9. The standard InChI is InChI=1S/C18H20N6OS/c1-11-21-16(20-9-18-24-23-12(2)26-18)8-17(22-11)25-10-13-7-14(13)15-5-3-4-6-19-15/h3-6,8,13-14H,7,9-10H2,1-2H3,(H,20,21,22). The van der Waals surface area contributed by atoms with Gasteiger partial charge in [0.25, 0.3) is 0 Å². The van der Waals surface area contributed by atoms with Gasteiger partial charge in [-0.15, -0.1) is 10.2 Å². The van der Waals surface area contributed by atoms with Gasteiger partial charge in [0.1, 0.15) is 21.7 Å². The van der Waals surface area contributed by atoms with Gasteiger partial charge in [0.2, 0.25) is 5.88 Å². The lowest BCUT2D eigenvalue weighted by Crippen LogP contribution is -2.07. The van der Waals surface area contributed by atoms with Crippen LogP contribution in [-0.4, -0.2) is 31.8 Å². The maximum Gasteiger partial charge on any atom is 0.218 e. The number of pyridine rings is 1. The van der Waals surface area contributed by atoms with Crippen molar-refractivity contribution in [3.05, 3.63) is 52.0 Å². The van der Waals surface area contributed by atoms with Crippen molar-refractivity contribution in [1.82, 2.24) is 25.1 Å². The molecule has 8 heteroatoms. The van der Waals surface area contributed by atoms with Crippen molar-refractivity contribution in [2.75, 3.05) is 11.9 Å². The number of ether oxygens (including phenoxy) is 1. The fraction of sp³-hybridized carbons (Fsp3) is 0.389. The second kappa shape index (κ2) is 7.33. The van der Waals surface area contributed by atoms with Crippen LogP contribution in [0, 0.1) is 19.8 Å². The fourth-order valence-corrected chi connectivity index (χ4v) is 3.51. The van der Waals surface area contributed by atoms with Crippen LogP contribution >= 0.6 is 11.3 Å². The maximum atomic E-state index is 5.92. The lowest BCUT2D eigenvalue weighted by atomic mass is 10.2. The van der Waals surface area contributed by atoms with Crippen molar-refractivity contribution in [2.45, 2.75) is 32.7 Å². The van der Waals surface area contributed by atoms with Gasteiger partial charge in [0.15, 0.2) is 0 Å². The highest BCUT2D eigenvalue weighted by atomic mass is 32.1. The first-order valence-corrected chi connectivity index (χ1v) is 9.41.